The molecule has 0 rings (SSSR count). The predicted molar refractivity (Wildman–Crippen MR) is 73.3 cm³/mol. The molecule has 0 bridgehead atoms. The van der Waals surface area contributed by atoms with E-state index in [1.807, 2.05) is 13.0 Å². The molecule has 1 atom stereocenters. The maximum atomic E-state index is 11.3. The Balaban J connectivity index is 4.26. The molecule has 1 unspecified atom stereocenters. The molecule has 0 aliphatic rings. The summed E-state index contributed by atoms with van der Waals surface area (Å²) in [5, 5.41) is 0. The normalized spacial score (nSPS) is 12.8. The number of carbonyl (C=O) groups is 2. The molecular formula is C15H24O3. The van der Waals surface area contributed by atoms with Gasteiger partial charge in [0, 0.05) is 13.3 Å². The van der Waals surface area contributed by atoms with E-state index in [1.165, 1.54) is 25.0 Å². The Morgan fingerprint density at radius 2 is 1.67 bits per heavy atom. The van der Waals surface area contributed by atoms with Crippen molar-refractivity contribution in [1.82, 2.24) is 0 Å². The summed E-state index contributed by atoms with van der Waals surface area (Å²) in [6, 6.07) is 0. The monoisotopic (exact) mass is 252 g/mol. The lowest BCUT2D eigenvalue weighted by molar-refractivity contribution is -0.152. The standard InChI is InChI=1S/C15H24O3/c1-11(2)7-6-8-12(3)9-10-15(13(4)16)18-14(5)17/h7,9,15H,6,8,10H2,1-5H3/b12-9+. The molecule has 3 nitrogen and oxygen atoms in total. The minimum Gasteiger partial charge on any atom is -0.454 e. The van der Waals surface area contributed by atoms with Crippen LogP contribution in [0.15, 0.2) is 23.3 Å². The molecule has 0 fully saturated rings. The highest BCUT2D eigenvalue weighted by Gasteiger charge is 2.15. The van der Waals surface area contributed by atoms with Crippen molar-refractivity contribution >= 4 is 11.8 Å². The van der Waals surface area contributed by atoms with Crippen molar-refractivity contribution in [3.8, 4) is 0 Å². The molecule has 0 aliphatic heterocycles. The molecule has 0 aromatic heterocycles. The molecule has 0 radical (unpaired) electrons. The zero-order chi connectivity index (χ0) is 14.1. The summed E-state index contributed by atoms with van der Waals surface area (Å²) < 4.78 is 4.96. The third-order valence-electron chi connectivity index (χ3n) is 2.53. The van der Waals surface area contributed by atoms with Gasteiger partial charge in [-0.1, -0.05) is 23.3 Å². The highest BCUT2D eigenvalue weighted by atomic mass is 16.5. The van der Waals surface area contributed by atoms with Crippen LogP contribution in [0.5, 0.6) is 0 Å². The van der Waals surface area contributed by atoms with Crippen LogP contribution in [0, 0.1) is 0 Å². The van der Waals surface area contributed by atoms with Crippen molar-refractivity contribution < 1.29 is 14.3 Å². The Morgan fingerprint density at radius 1 is 1.06 bits per heavy atom. The van der Waals surface area contributed by atoms with E-state index < -0.39 is 12.1 Å². The fourth-order valence-corrected chi connectivity index (χ4v) is 1.50. The average Bonchev–Trinajstić information content (AvgIpc) is 2.22. The van der Waals surface area contributed by atoms with E-state index in [4.69, 9.17) is 4.74 Å². The van der Waals surface area contributed by atoms with Crippen molar-refractivity contribution in [2.75, 3.05) is 0 Å². The van der Waals surface area contributed by atoms with Gasteiger partial charge in [-0.15, -0.1) is 0 Å². The number of ether oxygens (including phenoxy) is 1. The quantitative estimate of drug-likeness (QED) is 0.513. The van der Waals surface area contributed by atoms with E-state index in [2.05, 4.69) is 19.9 Å². The second-order valence-electron chi connectivity index (χ2n) is 4.82. The molecule has 0 aromatic rings. The van der Waals surface area contributed by atoms with E-state index in [-0.39, 0.29) is 5.78 Å². The van der Waals surface area contributed by atoms with Crippen LogP contribution in [0.2, 0.25) is 0 Å². The van der Waals surface area contributed by atoms with Gasteiger partial charge in [-0.05, 0) is 40.5 Å². The van der Waals surface area contributed by atoms with Crippen LogP contribution >= 0.6 is 0 Å². The Kier molecular flexibility index (Phi) is 8.01. The highest BCUT2D eigenvalue weighted by Crippen LogP contribution is 2.10. The molecule has 0 saturated carbocycles. The largest absolute Gasteiger partial charge is 0.454 e. The molecule has 18 heavy (non-hydrogen) atoms. The van der Waals surface area contributed by atoms with Gasteiger partial charge in [0.1, 0.15) is 0 Å². The lowest BCUT2D eigenvalue weighted by atomic mass is 10.1. The first-order chi connectivity index (χ1) is 8.32. The number of carbonyl (C=O) groups excluding carboxylic acids is 2. The third kappa shape index (κ3) is 8.74. The summed E-state index contributed by atoms with van der Waals surface area (Å²) in [5.74, 6) is -0.524. The Labute approximate surface area is 110 Å². The van der Waals surface area contributed by atoms with Crippen molar-refractivity contribution in [3.63, 3.8) is 0 Å². The van der Waals surface area contributed by atoms with Gasteiger partial charge < -0.3 is 4.74 Å². The number of esters is 1. The van der Waals surface area contributed by atoms with Crippen LogP contribution in [-0.2, 0) is 14.3 Å². The Bertz CT molecular complexity index is 347. The van der Waals surface area contributed by atoms with Crippen LogP contribution in [0.4, 0.5) is 0 Å². The Morgan fingerprint density at radius 3 is 2.11 bits per heavy atom. The second kappa shape index (κ2) is 8.67. The summed E-state index contributed by atoms with van der Waals surface area (Å²) in [6.45, 7) is 8.95. The average molecular weight is 252 g/mol. The molecule has 0 heterocycles. The summed E-state index contributed by atoms with van der Waals surface area (Å²) in [4.78, 5) is 22.1. The summed E-state index contributed by atoms with van der Waals surface area (Å²) in [6.07, 6.45) is 5.97. The van der Waals surface area contributed by atoms with Gasteiger partial charge in [0.2, 0.25) is 0 Å². The number of ketones is 1. The maximum absolute atomic E-state index is 11.3. The van der Waals surface area contributed by atoms with Crippen LogP contribution in [0.25, 0.3) is 0 Å². The molecule has 0 saturated heterocycles. The predicted octanol–water partition coefficient (Wildman–Crippen LogP) is 3.59. The van der Waals surface area contributed by atoms with E-state index in [9.17, 15) is 9.59 Å². The number of allylic oxidation sites excluding steroid dienone is 3. The van der Waals surface area contributed by atoms with Gasteiger partial charge in [0.05, 0.1) is 0 Å². The van der Waals surface area contributed by atoms with Crippen LogP contribution < -0.4 is 0 Å². The van der Waals surface area contributed by atoms with E-state index >= 15 is 0 Å². The van der Waals surface area contributed by atoms with Gasteiger partial charge in [-0.25, -0.2) is 0 Å². The molecule has 3 heteroatoms. The number of Topliss-reactive ketones (excluding diaryl/α,β-unsaturated/α-hetero) is 1. The van der Waals surface area contributed by atoms with Crippen LogP contribution in [-0.4, -0.2) is 17.9 Å². The first-order valence-corrected chi connectivity index (χ1v) is 6.29. The first kappa shape index (κ1) is 16.6. The molecular weight excluding hydrogens is 228 g/mol. The molecule has 0 spiro atoms. The van der Waals surface area contributed by atoms with Crippen molar-refractivity contribution in [2.24, 2.45) is 0 Å². The molecule has 0 N–H and O–H groups in total. The smallest absolute Gasteiger partial charge is 0.303 e. The Hall–Kier alpha value is -1.38. The summed E-state index contributed by atoms with van der Waals surface area (Å²) >= 11 is 0. The lowest BCUT2D eigenvalue weighted by Crippen LogP contribution is -2.23. The number of hydrogen-bond acceptors (Lipinski definition) is 3. The number of hydrogen-bond donors (Lipinski definition) is 0. The molecule has 0 amide bonds. The lowest BCUT2D eigenvalue weighted by Gasteiger charge is -2.12. The van der Waals surface area contributed by atoms with Crippen molar-refractivity contribution in [3.05, 3.63) is 23.3 Å². The van der Waals surface area contributed by atoms with Gasteiger partial charge in [0.25, 0.3) is 0 Å². The van der Waals surface area contributed by atoms with Crippen LogP contribution in [0.3, 0.4) is 0 Å². The summed E-state index contributed by atoms with van der Waals surface area (Å²) in [7, 11) is 0. The third-order valence-corrected chi connectivity index (χ3v) is 2.53. The maximum Gasteiger partial charge on any atom is 0.303 e. The molecule has 102 valence electrons. The van der Waals surface area contributed by atoms with Gasteiger partial charge in [0.15, 0.2) is 11.9 Å². The fourth-order valence-electron chi connectivity index (χ4n) is 1.50. The second-order valence-corrected chi connectivity index (χ2v) is 4.82. The van der Waals surface area contributed by atoms with E-state index in [0.29, 0.717) is 6.42 Å². The minimum atomic E-state index is -0.638. The van der Waals surface area contributed by atoms with Crippen LogP contribution in [0.1, 0.15) is 53.9 Å². The SMILES string of the molecule is CC(=O)OC(C/C=C(\C)CCC=C(C)C)C(C)=O. The van der Waals surface area contributed by atoms with Gasteiger partial charge in [-0.3, -0.25) is 9.59 Å². The van der Waals surface area contributed by atoms with E-state index in [1.54, 1.807) is 0 Å². The van der Waals surface area contributed by atoms with Gasteiger partial charge in [-0.2, -0.15) is 0 Å². The summed E-state index contributed by atoms with van der Waals surface area (Å²) in [5.41, 5.74) is 2.52. The zero-order valence-electron chi connectivity index (χ0n) is 12.1. The zero-order valence-corrected chi connectivity index (χ0v) is 12.1. The van der Waals surface area contributed by atoms with E-state index in [0.717, 1.165) is 12.8 Å². The van der Waals surface area contributed by atoms with Crippen molar-refractivity contribution in [1.29, 1.82) is 0 Å². The highest BCUT2D eigenvalue weighted by molar-refractivity contribution is 5.83. The van der Waals surface area contributed by atoms with Crippen molar-refractivity contribution in [2.45, 2.75) is 60.0 Å². The topological polar surface area (TPSA) is 43.4 Å². The minimum absolute atomic E-state index is 0.112. The molecule has 0 aromatic carbocycles. The first-order valence-electron chi connectivity index (χ1n) is 6.29. The number of rotatable bonds is 7. The van der Waals surface area contributed by atoms with Gasteiger partial charge >= 0.3 is 5.97 Å². The fraction of sp³-hybridized carbons (Fsp3) is 0.600. The molecule has 0 aliphatic carbocycles.